The fourth-order valence-electron chi connectivity index (χ4n) is 12.8. The molecule has 18 nitrogen and oxygen atoms in total. The number of urea groups is 1. The van der Waals surface area contributed by atoms with Crippen molar-refractivity contribution in [3.63, 3.8) is 0 Å². The lowest BCUT2D eigenvalue weighted by molar-refractivity contribution is -0.154. The van der Waals surface area contributed by atoms with Crippen molar-refractivity contribution < 1.29 is 38.2 Å². The zero-order valence-electron chi connectivity index (χ0n) is 46.7. The number of morpholine rings is 1. The Morgan fingerprint density at radius 3 is 2.46 bits per heavy atom. The number of rotatable bonds is 7. The number of nitrogens with one attached hydrogen (secondary N) is 2. The Labute approximate surface area is 460 Å². The summed E-state index contributed by atoms with van der Waals surface area (Å²) in [6.45, 7) is 20.7. The molecule has 2 radical (unpaired) electrons. The molecule has 1 aliphatic carbocycles. The number of hydrazine groups is 1. The molecule has 4 saturated heterocycles. The number of pyridine rings is 1. The van der Waals surface area contributed by atoms with Crippen LogP contribution in [-0.2, 0) is 46.4 Å². The summed E-state index contributed by atoms with van der Waals surface area (Å²) < 4.78 is 21.6. The summed E-state index contributed by atoms with van der Waals surface area (Å²) in [6, 6.07) is 15.6. The van der Waals surface area contributed by atoms with Gasteiger partial charge < -0.3 is 43.7 Å². The van der Waals surface area contributed by atoms with Gasteiger partial charge in [-0.1, -0.05) is 50.8 Å². The summed E-state index contributed by atoms with van der Waals surface area (Å²) >= 11 is 0. The van der Waals surface area contributed by atoms with E-state index in [9.17, 15) is 24.0 Å². The highest BCUT2D eigenvalue weighted by atomic mass is 28.2. The number of piperidine rings is 1. The van der Waals surface area contributed by atoms with Crippen molar-refractivity contribution in [3.8, 4) is 22.4 Å². The maximum absolute atomic E-state index is 15.0. The van der Waals surface area contributed by atoms with Crippen LogP contribution >= 0.6 is 0 Å². The van der Waals surface area contributed by atoms with Gasteiger partial charge in [0.15, 0.2) is 9.68 Å². The molecule has 78 heavy (non-hydrogen) atoms. The lowest BCUT2D eigenvalue weighted by atomic mass is 9.67. The highest BCUT2D eigenvalue weighted by Crippen LogP contribution is 2.57. The van der Waals surface area contributed by atoms with E-state index in [4.69, 9.17) is 19.2 Å². The van der Waals surface area contributed by atoms with Crippen LogP contribution in [0.5, 0.6) is 0 Å². The average Bonchev–Trinajstić information content (AvgIpc) is 3.59. The first-order valence-corrected chi connectivity index (χ1v) is 28.8. The summed E-state index contributed by atoms with van der Waals surface area (Å²) in [4.78, 5) is 85.8. The van der Waals surface area contributed by atoms with Crippen LogP contribution in [0.2, 0.25) is 5.54 Å². The van der Waals surface area contributed by atoms with E-state index in [0.29, 0.717) is 77.1 Å². The Bertz CT molecular complexity index is 3030. The quantitative estimate of drug-likeness (QED) is 0.120. The molecular weight excluding hydrogens is 1000 g/mol. The number of fused-ring (bicyclic) bond motifs is 9. The zero-order valence-corrected chi connectivity index (χ0v) is 47.7. The SMILES string of the molecule is C=CC(=O)N1CCOC2(CCN(C(=O)N(C)C(C(=O)N[C@H]3Cc4cccc(c4)-c4ccc5c(c4)c4c(n5CC)-c5cc(N6CCN(C)CC6)cnc5[C@@H](OC)C4C(C)(C)COC(=O)[C@@H]4CCCN(N[Si]4)C3=O)=C(C)C)CC2)C1. The van der Waals surface area contributed by atoms with Crippen molar-refractivity contribution in [1.29, 1.82) is 0 Å². The molecule has 0 saturated carbocycles. The van der Waals surface area contributed by atoms with Crippen molar-refractivity contribution in [2.75, 3.05) is 98.2 Å². The fourth-order valence-corrected chi connectivity index (χ4v) is 13.9. The molecule has 10 rings (SSSR count). The highest BCUT2D eigenvalue weighted by molar-refractivity contribution is 6.41. The van der Waals surface area contributed by atoms with Crippen LogP contribution in [0.4, 0.5) is 10.5 Å². The van der Waals surface area contributed by atoms with E-state index in [1.165, 1.54) is 16.0 Å². The van der Waals surface area contributed by atoms with Crippen molar-refractivity contribution in [2.24, 2.45) is 5.41 Å². The van der Waals surface area contributed by atoms with Crippen LogP contribution in [0.1, 0.15) is 89.1 Å². The molecular formula is C59H76N10O8Si. The number of anilines is 1. The van der Waals surface area contributed by atoms with Crippen molar-refractivity contribution in [3.05, 3.63) is 95.5 Å². The van der Waals surface area contributed by atoms with Gasteiger partial charge in [-0.25, -0.2) is 4.79 Å². The number of piperazine rings is 1. The second kappa shape index (κ2) is 22.4. The molecule has 6 bridgehead atoms. The van der Waals surface area contributed by atoms with Gasteiger partial charge in [0, 0.05) is 107 Å². The van der Waals surface area contributed by atoms with Gasteiger partial charge in [0.05, 0.1) is 54.2 Å². The Morgan fingerprint density at radius 1 is 0.987 bits per heavy atom. The molecule has 1 unspecified atom stereocenters. The van der Waals surface area contributed by atoms with E-state index < -0.39 is 34.6 Å². The van der Waals surface area contributed by atoms with Gasteiger partial charge in [-0.15, -0.1) is 0 Å². The van der Waals surface area contributed by atoms with Gasteiger partial charge in [-0.3, -0.25) is 39.2 Å². The van der Waals surface area contributed by atoms with Gasteiger partial charge in [0.1, 0.15) is 17.8 Å². The topological polar surface area (TPSA) is 174 Å². The third kappa shape index (κ3) is 10.5. The van der Waals surface area contributed by atoms with E-state index >= 15 is 0 Å². The number of carbonyl (C=O) groups excluding carboxylic acids is 5. The number of aromatic nitrogens is 2. The Balaban J connectivity index is 0.996. The molecule has 414 valence electrons. The molecule has 6 aliphatic rings. The number of allylic oxidation sites excluding steroid dienone is 1. The fraction of sp³-hybridized carbons (Fsp3) is 0.525. The Hall–Kier alpha value is -6.38. The third-order valence-electron chi connectivity index (χ3n) is 17.1. The predicted octanol–water partition coefficient (Wildman–Crippen LogP) is 6.30. The van der Waals surface area contributed by atoms with Crippen LogP contribution < -0.4 is 15.3 Å². The average molecular weight is 1080 g/mol. The Kier molecular flexibility index (Phi) is 15.8. The lowest BCUT2D eigenvalue weighted by Crippen LogP contribution is -2.59. The minimum Gasteiger partial charge on any atom is -0.465 e. The molecule has 1 spiro atoms. The molecule has 4 fully saturated rings. The van der Waals surface area contributed by atoms with E-state index in [0.717, 1.165) is 82.0 Å². The van der Waals surface area contributed by atoms with Crippen LogP contribution in [0.25, 0.3) is 33.3 Å². The molecule has 5 amide bonds. The van der Waals surface area contributed by atoms with Crippen LogP contribution in [0.15, 0.2) is 78.7 Å². The number of likely N-dealkylation sites (tertiary alicyclic amines) is 1. The van der Waals surface area contributed by atoms with Gasteiger partial charge in [-0.05, 0) is 106 Å². The monoisotopic (exact) mass is 1080 g/mol. The largest absolute Gasteiger partial charge is 0.465 e. The number of nitrogens with zero attached hydrogens (tertiary/aromatic N) is 8. The number of benzene rings is 2. The second-order valence-electron chi connectivity index (χ2n) is 22.9. The number of aryl methyl sites for hydroxylation is 1. The molecule has 2 aromatic heterocycles. The molecule has 7 heterocycles. The first kappa shape index (κ1) is 55.0. The van der Waals surface area contributed by atoms with E-state index in [-0.39, 0.29) is 58.1 Å². The van der Waals surface area contributed by atoms with Crippen molar-refractivity contribution >= 4 is 56.0 Å². The number of likely N-dealkylation sites (N-methyl/N-ethyl adjacent to an activating group) is 2. The molecule has 5 aliphatic heterocycles. The van der Waals surface area contributed by atoms with Gasteiger partial charge in [-0.2, -0.15) is 0 Å². The van der Waals surface area contributed by atoms with Crippen LogP contribution in [-0.4, -0.2) is 179 Å². The standard InChI is InChI=1S/C59H76N10O8Si/c1-10-47(70)67-28-29-77-59(35-67)19-22-66(23-20-59)57(74)64(8)51(37(3)4)54(71)61-44-31-38-14-12-15-39(30-38)40-17-18-45-42(32-40)48-49(58(5,6)36-76-56(73)46-16-13-21-69(55(44)72)62-78-46)53(75-9)50-43(52(48)68(45)11-2)33-41(34-60-50)65-26-24-63(7)25-27-65/h10,12,14-15,17-18,30,32-34,44,46,49,53,62H,1,11,13,16,19-29,31,35-36H2,2-9H3,(H,61,71)/t44-,46-,49?,53-/m0/s1. The molecule has 4 atom stereocenters. The number of amides is 5. The summed E-state index contributed by atoms with van der Waals surface area (Å²) in [7, 11) is 5.34. The van der Waals surface area contributed by atoms with E-state index in [1.54, 1.807) is 37.8 Å². The first-order valence-electron chi connectivity index (χ1n) is 27.7. The number of ether oxygens (including phenoxy) is 3. The van der Waals surface area contributed by atoms with Crippen LogP contribution in [0, 0.1) is 5.41 Å². The molecule has 19 heteroatoms. The predicted molar refractivity (Wildman–Crippen MR) is 300 cm³/mol. The van der Waals surface area contributed by atoms with Crippen molar-refractivity contribution in [2.45, 2.75) is 102 Å². The first-order chi connectivity index (χ1) is 37.4. The number of methoxy groups -OCH3 is 1. The smallest absolute Gasteiger partial charge is 0.324 e. The second-order valence-corrected chi connectivity index (χ2v) is 24.1. The minimum absolute atomic E-state index is 0.121. The number of carbonyl (C=O) groups is 5. The van der Waals surface area contributed by atoms with E-state index in [2.05, 4.69) is 95.6 Å². The zero-order chi connectivity index (χ0) is 55.2. The normalized spacial score (nSPS) is 23.4. The minimum atomic E-state index is -1.06. The summed E-state index contributed by atoms with van der Waals surface area (Å²) in [5, 5.41) is 9.01. The summed E-state index contributed by atoms with van der Waals surface area (Å²) in [5.74, 6) is -1.66. The third-order valence-corrected chi connectivity index (χ3v) is 18.4. The number of esters is 1. The number of cyclic esters (lactones) is 1. The Morgan fingerprint density at radius 2 is 1.74 bits per heavy atom. The lowest BCUT2D eigenvalue weighted by Gasteiger charge is -2.47. The van der Waals surface area contributed by atoms with Gasteiger partial charge in [0.25, 0.3) is 11.8 Å². The highest BCUT2D eigenvalue weighted by Gasteiger charge is 2.48. The van der Waals surface area contributed by atoms with Crippen molar-refractivity contribution in [1.82, 2.24) is 44.6 Å². The van der Waals surface area contributed by atoms with Gasteiger partial charge >= 0.3 is 12.0 Å². The van der Waals surface area contributed by atoms with Crippen LogP contribution in [0.3, 0.4) is 0 Å². The van der Waals surface area contributed by atoms with E-state index in [1.807, 2.05) is 18.3 Å². The maximum atomic E-state index is 15.0. The molecule has 2 N–H and O–H groups in total. The number of hydrogen-bond donors (Lipinski definition) is 2. The van der Waals surface area contributed by atoms with Gasteiger partial charge in [0.2, 0.25) is 5.91 Å². The summed E-state index contributed by atoms with van der Waals surface area (Å²) in [5.41, 5.74) is 8.09. The number of hydrogen-bond acceptors (Lipinski definition) is 12. The maximum Gasteiger partial charge on any atom is 0.324 e. The summed E-state index contributed by atoms with van der Waals surface area (Å²) in [6.07, 6.45) is 5.10. The molecule has 4 aromatic rings. The molecule has 2 aromatic carbocycles.